The number of hydrogen-bond donors (Lipinski definition) is 0. The van der Waals surface area contributed by atoms with Crippen LogP contribution in [0.3, 0.4) is 0 Å². The fraction of sp³-hybridized carbons (Fsp3) is 0. The van der Waals surface area contributed by atoms with Gasteiger partial charge in [0.05, 0.1) is 16.7 Å². The van der Waals surface area contributed by atoms with Crippen LogP contribution in [0, 0.1) is 0 Å². The van der Waals surface area contributed by atoms with Crippen molar-refractivity contribution in [1.29, 1.82) is 0 Å². The Labute approximate surface area is 357 Å². The topological polar surface area (TPSA) is 56.7 Å². The van der Waals surface area contributed by atoms with E-state index >= 15 is 0 Å². The van der Waals surface area contributed by atoms with E-state index in [0.29, 0.717) is 17.5 Å². The molecule has 0 saturated heterocycles. The summed E-state index contributed by atoms with van der Waals surface area (Å²) in [5.74, 6) is 1.83. The number of benzene rings is 9. The number of fused-ring (bicyclic) bond motifs is 6. The third-order valence-corrected chi connectivity index (χ3v) is 11.9. The molecule has 3 heterocycles. The minimum atomic E-state index is 0.597. The molecule has 12 aromatic rings. The van der Waals surface area contributed by atoms with Crippen molar-refractivity contribution in [3.63, 3.8) is 0 Å². The second-order valence-corrected chi connectivity index (χ2v) is 15.5. The Bertz CT molecular complexity index is 3550. The number of nitrogens with zero attached hydrogens (tertiary/aromatic N) is 4. The Morgan fingerprint density at radius 3 is 1.56 bits per heavy atom. The zero-order valence-corrected chi connectivity index (χ0v) is 33.5. The quantitative estimate of drug-likeness (QED) is 0.161. The number of rotatable bonds is 7. The molecule has 0 N–H and O–H groups in total. The van der Waals surface area contributed by atoms with Gasteiger partial charge in [0, 0.05) is 49.4 Å². The van der Waals surface area contributed by atoms with Gasteiger partial charge in [-0.1, -0.05) is 194 Å². The summed E-state index contributed by atoms with van der Waals surface area (Å²) in [5.41, 5.74) is 14.2. The normalized spacial score (nSPS) is 11.5. The second kappa shape index (κ2) is 14.7. The van der Waals surface area contributed by atoms with Crippen molar-refractivity contribution in [2.24, 2.45) is 0 Å². The maximum atomic E-state index is 6.56. The van der Waals surface area contributed by atoms with Gasteiger partial charge in [-0.05, 0) is 46.5 Å². The monoisotopic (exact) mass is 792 g/mol. The van der Waals surface area contributed by atoms with Crippen molar-refractivity contribution in [3.05, 3.63) is 218 Å². The molecule has 0 amide bonds. The van der Waals surface area contributed by atoms with Gasteiger partial charge in [0.2, 0.25) is 0 Å². The lowest BCUT2D eigenvalue weighted by Crippen LogP contribution is -2.04. The van der Waals surface area contributed by atoms with Gasteiger partial charge in [0.1, 0.15) is 11.2 Å². The van der Waals surface area contributed by atoms with Crippen LogP contribution in [0.15, 0.2) is 223 Å². The highest BCUT2D eigenvalue weighted by atomic mass is 16.3. The van der Waals surface area contributed by atoms with Crippen LogP contribution in [-0.2, 0) is 0 Å². The van der Waals surface area contributed by atoms with Crippen LogP contribution >= 0.6 is 0 Å². The van der Waals surface area contributed by atoms with Gasteiger partial charge in [0.15, 0.2) is 17.5 Å². The molecule has 12 rings (SSSR count). The molecule has 0 radical (unpaired) electrons. The van der Waals surface area contributed by atoms with Gasteiger partial charge in [-0.2, -0.15) is 0 Å². The van der Waals surface area contributed by atoms with Crippen molar-refractivity contribution in [2.75, 3.05) is 0 Å². The molecule has 0 aliphatic carbocycles. The molecule has 5 nitrogen and oxygen atoms in total. The van der Waals surface area contributed by atoms with Crippen LogP contribution in [0.1, 0.15) is 0 Å². The number of para-hydroxylation sites is 3. The van der Waals surface area contributed by atoms with Gasteiger partial charge in [0.25, 0.3) is 0 Å². The van der Waals surface area contributed by atoms with Gasteiger partial charge in [-0.3, -0.25) is 0 Å². The molecule has 0 aliphatic heterocycles. The second-order valence-electron chi connectivity index (χ2n) is 15.5. The average molecular weight is 793 g/mol. The van der Waals surface area contributed by atoms with Gasteiger partial charge in [-0.25, -0.2) is 15.0 Å². The summed E-state index contributed by atoms with van der Waals surface area (Å²) in [6.07, 6.45) is 0. The predicted octanol–water partition coefficient (Wildman–Crippen LogP) is 14.9. The minimum absolute atomic E-state index is 0.597. The van der Waals surface area contributed by atoms with E-state index in [9.17, 15) is 0 Å². The van der Waals surface area contributed by atoms with Crippen LogP contribution in [0.5, 0.6) is 0 Å². The van der Waals surface area contributed by atoms with Crippen molar-refractivity contribution < 1.29 is 4.42 Å². The first-order valence-electron chi connectivity index (χ1n) is 20.9. The van der Waals surface area contributed by atoms with Crippen molar-refractivity contribution in [2.45, 2.75) is 0 Å². The van der Waals surface area contributed by atoms with E-state index in [2.05, 4.69) is 174 Å². The van der Waals surface area contributed by atoms with E-state index in [1.165, 1.54) is 10.9 Å². The van der Waals surface area contributed by atoms with Crippen LogP contribution in [0.25, 0.3) is 117 Å². The number of hydrogen-bond acceptors (Lipinski definition) is 4. The molecule has 0 unspecified atom stereocenters. The Morgan fingerprint density at radius 2 is 0.839 bits per heavy atom. The maximum Gasteiger partial charge on any atom is 0.164 e. The van der Waals surface area contributed by atoms with Crippen LogP contribution in [0.2, 0.25) is 0 Å². The average Bonchev–Trinajstić information content (AvgIpc) is 3.90. The maximum absolute atomic E-state index is 6.56. The van der Waals surface area contributed by atoms with Gasteiger partial charge >= 0.3 is 0 Å². The Balaban J connectivity index is 1.14. The van der Waals surface area contributed by atoms with E-state index < -0.39 is 0 Å². The highest BCUT2D eigenvalue weighted by Crippen LogP contribution is 2.43. The fourth-order valence-electron chi connectivity index (χ4n) is 8.98. The van der Waals surface area contributed by atoms with E-state index in [-0.39, 0.29) is 0 Å². The van der Waals surface area contributed by atoms with E-state index in [4.69, 9.17) is 19.4 Å². The Kier molecular flexibility index (Phi) is 8.42. The standard InChI is InChI=1S/C57H36N4O/c1-4-16-37(17-5-1)38-30-32-39(33-31-38)53-48(57-59-55(40-18-6-2-7-19-40)58-56(60-57)41-20-8-3-9-21-41)26-15-28-50(53)61-49-27-12-10-22-44(49)45-35-34-42(36-51(45)61)43-24-14-25-47-46-23-11-13-29-52(46)62-54(43)47/h1-36H. The molecular formula is C57H36N4O. The van der Waals surface area contributed by atoms with E-state index in [1.54, 1.807) is 0 Å². The molecule has 5 heteroatoms. The fourth-order valence-corrected chi connectivity index (χ4v) is 8.98. The Hall–Kier alpha value is -8.41. The molecule has 0 spiro atoms. The lowest BCUT2D eigenvalue weighted by Gasteiger charge is -2.19. The summed E-state index contributed by atoms with van der Waals surface area (Å²) in [7, 11) is 0. The van der Waals surface area contributed by atoms with Crippen LogP contribution in [-0.4, -0.2) is 19.5 Å². The summed E-state index contributed by atoms with van der Waals surface area (Å²) in [6, 6.07) is 76.4. The third-order valence-electron chi connectivity index (χ3n) is 11.9. The molecule has 3 aromatic heterocycles. The van der Waals surface area contributed by atoms with Gasteiger partial charge < -0.3 is 8.98 Å². The first kappa shape index (κ1) is 35.5. The lowest BCUT2D eigenvalue weighted by molar-refractivity contribution is 0.670. The molecular weight excluding hydrogens is 757 g/mol. The molecule has 9 aromatic carbocycles. The lowest BCUT2D eigenvalue weighted by atomic mass is 9.94. The van der Waals surface area contributed by atoms with Crippen LogP contribution < -0.4 is 0 Å². The minimum Gasteiger partial charge on any atom is -0.455 e. The first-order chi connectivity index (χ1) is 30.7. The van der Waals surface area contributed by atoms with Crippen molar-refractivity contribution >= 4 is 43.7 Å². The third kappa shape index (κ3) is 5.98. The van der Waals surface area contributed by atoms with Crippen molar-refractivity contribution in [3.8, 4) is 73.2 Å². The summed E-state index contributed by atoms with van der Waals surface area (Å²) in [4.78, 5) is 15.6. The summed E-state index contributed by atoms with van der Waals surface area (Å²) in [5, 5.41) is 4.55. The highest BCUT2D eigenvalue weighted by molar-refractivity contribution is 6.13. The zero-order chi connectivity index (χ0) is 41.0. The van der Waals surface area contributed by atoms with E-state index in [1.807, 2.05) is 48.5 Å². The summed E-state index contributed by atoms with van der Waals surface area (Å²) < 4.78 is 8.98. The smallest absolute Gasteiger partial charge is 0.164 e. The predicted molar refractivity (Wildman–Crippen MR) is 254 cm³/mol. The molecule has 0 saturated carbocycles. The number of furan rings is 1. The first-order valence-corrected chi connectivity index (χ1v) is 20.9. The Morgan fingerprint density at radius 1 is 0.323 bits per heavy atom. The molecule has 0 bridgehead atoms. The molecule has 0 aliphatic rings. The highest BCUT2D eigenvalue weighted by Gasteiger charge is 2.23. The van der Waals surface area contributed by atoms with Crippen LogP contribution in [0.4, 0.5) is 0 Å². The SMILES string of the molecule is c1ccc(-c2ccc(-c3c(-c4nc(-c5ccccc5)nc(-c5ccccc5)n4)cccc3-n3c4ccccc4c4ccc(-c5cccc6c5oc5ccccc56)cc43)cc2)cc1. The summed E-state index contributed by atoms with van der Waals surface area (Å²) >= 11 is 0. The zero-order valence-electron chi connectivity index (χ0n) is 33.5. The molecule has 290 valence electrons. The van der Waals surface area contributed by atoms with E-state index in [0.717, 1.165) is 88.6 Å². The molecule has 0 fully saturated rings. The largest absolute Gasteiger partial charge is 0.455 e. The molecule has 62 heavy (non-hydrogen) atoms. The summed E-state index contributed by atoms with van der Waals surface area (Å²) in [6.45, 7) is 0. The molecule has 0 atom stereocenters. The van der Waals surface area contributed by atoms with Gasteiger partial charge in [-0.15, -0.1) is 0 Å². The van der Waals surface area contributed by atoms with Crippen molar-refractivity contribution in [1.82, 2.24) is 19.5 Å². The number of aromatic nitrogens is 4.